The zero-order valence-electron chi connectivity index (χ0n) is 47.5. The second kappa shape index (κ2) is 89.6. The molecular weight excluding hydrogens is 1640 g/mol. The van der Waals surface area contributed by atoms with Crippen LogP contribution in [0.5, 0.6) is 0 Å². The normalized spacial score (nSPS) is 16.2. The number of nitrogens with zero attached hydrogens (tertiary/aromatic N) is 3. The molecule has 0 amide bonds. The predicted molar refractivity (Wildman–Crippen MR) is 275 cm³/mol. The SMILES string of the molecule is C.C.C.C.CC.CC.CC.CC.CC.CC.CC.CC.[CH2-]C1CCC(C)C12C([CH2-])CN(c1c(C(C)C)c(N(C)C)c(C(C)C)c(N(C)C)c1C(C)C)CC2C.[Y].[Y].[Y].[Y].[Y].[Y].[Y].[Y].[Y].[Y].[Y]. The zero-order chi connectivity index (χ0) is 42.6. The average Bonchev–Trinajstić information content (AvgIpc) is 3.45. The minimum atomic E-state index is 0. The standard InChI is InChI=1S/C32H55N3.8C2H6.4CH4.11Y/c1-19(2)26-29(33(11)12)27(20(3)4)31(28(21(5)6)30(26)34(13)14)35-17-24(9)32(25(10)18-35)22(7)15-16-23(32)8;8*1-2;;;;;;;;;;;;;;;/h19-25H,7,9,15-18H2,1-6,8,10-14H3;8*1-2H3;4*1H4;;;;;;;;;;;/q-2;;;;;;;;;;;;;;;;;;;;;;;. The molecule has 3 rings (SSSR count). The Balaban J connectivity index is -0.0000000312. The Labute approximate surface area is 703 Å². The van der Waals surface area contributed by atoms with E-state index in [1.807, 2.05) is 111 Å². The van der Waals surface area contributed by atoms with Crippen molar-refractivity contribution in [2.75, 3.05) is 56.0 Å². The van der Waals surface area contributed by atoms with E-state index >= 15 is 0 Å². The van der Waals surface area contributed by atoms with Crippen LogP contribution in [0.15, 0.2) is 0 Å². The molecule has 377 valence electrons. The molecule has 0 aromatic heterocycles. The van der Waals surface area contributed by atoms with Gasteiger partial charge < -0.3 is 28.5 Å². The molecule has 1 aromatic rings. The van der Waals surface area contributed by atoms with Crippen molar-refractivity contribution in [1.29, 1.82) is 0 Å². The van der Waals surface area contributed by atoms with E-state index in [0.29, 0.717) is 41.4 Å². The fourth-order valence-electron chi connectivity index (χ4n) is 8.27. The summed E-state index contributed by atoms with van der Waals surface area (Å²) < 4.78 is 0. The van der Waals surface area contributed by atoms with Crippen molar-refractivity contribution in [2.24, 2.45) is 29.1 Å². The molecular formula is C52H119N3Y11-2. The minimum absolute atomic E-state index is 0. The quantitative estimate of drug-likeness (QED) is 0.263. The molecule has 66 heavy (non-hydrogen) atoms. The number of anilines is 3. The molecule has 1 aliphatic carbocycles. The third-order valence-corrected chi connectivity index (χ3v) is 9.48. The van der Waals surface area contributed by atoms with Gasteiger partial charge in [0, 0.05) is 428 Å². The van der Waals surface area contributed by atoms with Gasteiger partial charge >= 0.3 is 0 Å². The molecule has 2 fully saturated rings. The van der Waals surface area contributed by atoms with Crippen LogP contribution < -0.4 is 14.7 Å². The zero-order valence-corrected chi connectivity index (χ0v) is 78.7. The number of rotatable bonds is 6. The predicted octanol–water partition coefficient (Wildman–Crippen LogP) is 18.7. The van der Waals surface area contributed by atoms with Gasteiger partial charge in [0.05, 0.1) is 0 Å². The Bertz CT molecular complexity index is 874. The van der Waals surface area contributed by atoms with Gasteiger partial charge in [-0.05, 0) is 36.1 Å². The summed E-state index contributed by atoms with van der Waals surface area (Å²) in [6.07, 6.45) is 2.56. The van der Waals surface area contributed by atoms with E-state index in [-0.39, 0.29) is 395 Å². The maximum absolute atomic E-state index is 4.87. The van der Waals surface area contributed by atoms with E-state index in [1.54, 1.807) is 0 Å². The Hall–Kier alpha value is 10.8. The summed E-state index contributed by atoms with van der Waals surface area (Å²) in [6.45, 7) is 62.9. The van der Waals surface area contributed by atoms with Crippen LogP contribution in [-0.2, 0) is 360 Å². The van der Waals surface area contributed by atoms with Crippen molar-refractivity contribution < 1.29 is 360 Å². The van der Waals surface area contributed by atoms with Gasteiger partial charge in [0.15, 0.2) is 0 Å². The van der Waals surface area contributed by atoms with Crippen LogP contribution in [0.2, 0.25) is 0 Å². The Morgan fingerprint density at radius 2 is 0.652 bits per heavy atom. The molecule has 1 heterocycles. The van der Waals surface area contributed by atoms with Crippen LogP contribution in [-0.4, -0.2) is 41.3 Å². The first-order valence-electron chi connectivity index (χ1n) is 22.2. The van der Waals surface area contributed by atoms with Gasteiger partial charge in [0.2, 0.25) is 0 Å². The minimum Gasteiger partial charge on any atom is -0.377 e. The van der Waals surface area contributed by atoms with E-state index < -0.39 is 0 Å². The maximum Gasteiger partial charge on any atom is 0.0477 e. The average molecular weight is 1760 g/mol. The summed E-state index contributed by atoms with van der Waals surface area (Å²) in [5, 5.41) is 0. The maximum atomic E-state index is 4.87. The molecule has 1 saturated carbocycles. The summed E-state index contributed by atoms with van der Waals surface area (Å²) >= 11 is 0. The Morgan fingerprint density at radius 1 is 0.409 bits per heavy atom. The molecule has 1 saturated heterocycles. The fraction of sp³-hybridized carbons (Fsp3) is 0.846. The second-order valence-electron chi connectivity index (χ2n) is 13.2. The number of benzene rings is 1. The molecule has 1 aliphatic heterocycles. The first-order chi connectivity index (χ1) is 24.2. The van der Waals surface area contributed by atoms with Gasteiger partial charge in [-0.1, -0.05) is 214 Å². The van der Waals surface area contributed by atoms with E-state index in [9.17, 15) is 0 Å². The third-order valence-electron chi connectivity index (χ3n) is 9.48. The summed E-state index contributed by atoms with van der Waals surface area (Å²) in [5.74, 6) is 3.52. The largest absolute Gasteiger partial charge is 0.377 e. The molecule has 11 radical (unpaired) electrons. The van der Waals surface area contributed by atoms with Crippen LogP contribution in [0.3, 0.4) is 0 Å². The number of piperidine rings is 1. The van der Waals surface area contributed by atoms with Gasteiger partial charge in [-0.15, -0.1) is 5.92 Å². The molecule has 3 nitrogen and oxygen atoms in total. The van der Waals surface area contributed by atoms with Gasteiger partial charge in [-0.25, -0.2) is 0 Å². The Morgan fingerprint density at radius 3 is 0.818 bits per heavy atom. The Kier molecular flexibility index (Phi) is 192. The summed E-state index contributed by atoms with van der Waals surface area (Å²) in [5.41, 5.74) is 9.15. The number of hydrogen-bond acceptors (Lipinski definition) is 3. The molecule has 5 atom stereocenters. The van der Waals surface area contributed by atoms with Crippen molar-refractivity contribution >= 4 is 17.1 Å². The van der Waals surface area contributed by atoms with Gasteiger partial charge in [0.1, 0.15) is 0 Å². The van der Waals surface area contributed by atoms with Crippen LogP contribution in [0.1, 0.15) is 243 Å². The van der Waals surface area contributed by atoms with Crippen molar-refractivity contribution in [3.8, 4) is 0 Å². The van der Waals surface area contributed by atoms with E-state index in [4.69, 9.17) is 6.92 Å². The van der Waals surface area contributed by atoms with E-state index in [2.05, 4.69) is 105 Å². The van der Waals surface area contributed by atoms with Crippen molar-refractivity contribution in [1.82, 2.24) is 0 Å². The topological polar surface area (TPSA) is 9.72 Å². The summed E-state index contributed by atoms with van der Waals surface area (Å²) in [6, 6.07) is 0. The second-order valence-corrected chi connectivity index (χ2v) is 13.2. The molecule has 1 spiro atoms. The first-order valence-corrected chi connectivity index (χ1v) is 22.2. The van der Waals surface area contributed by atoms with Crippen molar-refractivity contribution in [3.05, 3.63) is 30.5 Å². The van der Waals surface area contributed by atoms with Gasteiger partial charge in [0.25, 0.3) is 0 Å². The van der Waals surface area contributed by atoms with Crippen LogP contribution in [0.4, 0.5) is 17.1 Å². The molecule has 5 unspecified atom stereocenters. The van der Waals surface area contributed by atoms with Gasteiger partial charge in [-0.3, -0.25) is 0 Å². The van der Waals surface area contributed by atoms with Crippen molar-refractivity contribution in [2.45, 2.75) is 226 Å². The molecule has 0 N–H and O–H groups in total. The van der Waals surface area contributed by atoms with Crippen molar-refractivity contribution in [3.63, 3.8) is 0 Å². The summed E-state index contributed by atoms with van der Waals surface area (Å²) in [4.78, 5) is 7.51. The summed E-state index contributed by atoms with van der Waals surface area (Å²) in [7, 11) is 8.93. The number of hydrogen-bond donors (Lipinski definition) is 0. The molecule has 1 aromatic carbocycles. The van der Waals surface area contributed by atoms with Gasteiger partial charge in [-0.2, -0.15) is 5.92 Å². The monoisotopic (exact) mass is 1760 g/mol. The molecule has 14 heteroatoms. The van der Waals surface area contributed by atoms with Crippen LogP contribution >= 0.6 is 0 Å². The molecule has 2 aliphatic rings. The molecule has 0 bridgehead atoms. The van der Waals surface area contributed by atoms with Crippen LogP contribution in [0, 0.1) is 42.9 Å². The van der Waals surface area contributed by atoms with E-state index in [1.165, 1.54) is 46.6 Å². The smallest absolute Gasteiger partial charge is 0.0477 e. The van der Waals surface area contributed by atoms with E-state index in [0.717, 1.165) is 13.1 Å². The van der Waals surface area contributed by atoms with Crippen LogP contribution in [0.25, 0.3) is 0 Å². The third kappa shape index (κ3) is 44.4. The fourth-order valence-corrected chi connectivity index (χ4v) is 8.27. The first kappa shape index (κ1) is 142.